The molecule has 0 fully saturated rings. The number of aromatic amines is 1. The Balaban J connectivity index is 0.000000363. The van der Waals surface area contributed by atoms with Crippen LogP contribution in [-0.4, -0.2) is 12.1 Å². The van der Waals surface area contributed by atoms with Crippen molar-refractivity contribution in [3.8, 4) is 5.75 Å². The van der Waals surface area contributed by atoms with E-state index in [-0.39, 0.29) is 0 Å². The minimum absolute atomic E-state index is 0.598. The van der Waals surface area contributed by atoms with Crippen molar-refractivity contribution in [1.82, 2.24) is 4.98 Å². The Bertz CT molecular complexity index is 1860. The van der Waals surface area contributed by atoms with Gasteiger partial charge in [0.2, 0.25) is 0 Å². The summed E-state index contributed by atoms with van der Waals surface area (Å²) in [6, 6.07) is 47.8. The molecule has 3 heteroatoms. The molecule has 1 N–H and O–H groups in total. The monoisotopic (exact) mass is 824 g/mol. The Morgan fingerprint density at radius 1 is 0.450 bits per heavy atom. The van der Waals surface area contributed by atoms with Gasteiger partial charge in [0, 0.05) is 16.8 Å². The molecule has 2 nitrogen and oxygen atoms in total. The number of allylic oxidation sites excluding steroid dienone is 4. The minimum Gasteiger partial charge on any atom is -0.497 e. The minimum atomic E-state index is 0.598. The van der Waals surface area contributed by atoms with Crippen molar-refractivity contribution in [2.75, 3.05) is 7.11 Å². The van der Waals surface area contributed by atoms with Crippen LogP contribution in [0, 0.1) is 11.8 Å². The van der Waals surface area contributed by atoms with Crippen molar-refractivity contribution >= 4 is 23.5 Å². The summed E-state index contributed by atoms with van der Waals surface area (Å²) < 4.78 is 5.05. The van der Waals surface area contributed by atoms with Crippen LogP contribution in [0.5, 0.6) is 5.75 Å². The van der Waals surface area contributed by atoms with Gasteiger partial charge in [0.1, 0.15) is 5.75 Å². The van der Waals surface area contributed by atoms with Crippen molar-refractivity contribution < 1.29 is 4.74 Å². The summed E-state index contributed by atoms with van der Waals surface area (Å²) >= 11 is 1.83. The maximum atomic E-state index is 5.05. The van der Waals surface area contributed by atoms with Gasteiger partial charge in [-0.15, -0.1) is 11.3 Å². The number of nitrogens with one attached hydrogen (secondary N) is 1. The van der Waals surface area contributed by atoms with Crippen molar-refractivity contribution in [2.24, 2.45) is 11.8 Å². The molecule has 0 radical (unpaired) electrons. The van der Waals surface area contributed by atoms with Gasteiger partial charge < -0.3 is 9.72 Å². The SMILES string of the molecule is CC(C)/C=C/C=C/c1ccccc1.CC(C)/C=C/c1ccccc1.CC(C)c1ccc[nH]1.CC(C)c1ccccc1.CC(C)c1cccs1.COc1ccc(C(C)C)cc1. The van der Waals surface area contributed by atoms with Gasteiger partial charge >= 0.3 is 0 Å². The molecule has 2 heterocycles. The van der Waals surface area contributed by atoms with E-state index in [2.05, 4.69) is 221 Å². The molecule has 0 aliphatic rings. The van der Waals surface area contributed by atoms with E-state index in [0.717, 1.165) is 5.75 Å². The molecule has 0 saturated carbocycles. The molecular formula is C57H77NOS. The normalized spacial score (nSPS) is 10.8. The zero-order valence-corrected chi connectivity index (χ0v) is 40.0. The lowest BCUT2D eigenvalue weighted by molar-refractivity contribution is 0.414. The number of thiophene rings is 1. The lowest BCUT2D eigenvalue weighted by Crippen LogP contribution is -1.87. The Kier molecular flexibility index (Phi) is 28.8. The van der Waals surface area contributed by atoms with Gasteiger partial charge in [0.15, 0.2) is 0 Å². The van der Waals surface area contributed by atoms with Crippen LogP contribution in [0.3, 0.4) is 0 Å². The van der Waals surface area contributed by atoms with E-state index < -0.39 is 0 Å². The molecule has 6 rings (SSSR count). The van der Waals surface area contributed by atoms with Crippen molar-refractivity contribution in [2.45, 2.75) is 107 Å². The van der Waals surface area contributed by atoms with Crippen LogP contribution in [0.25, 0.3) is 12.2 Å². The van der Waals surface area contributed by atoms with Crippen LogP contribution in [-0.2, 0) is 0 Å². The molecule has 0 bridgehead atoms. The number of rotatable bonds is 10. The van der Waals surface area contributed by atoms with Gasteiger partial charge in [-0.3, -0.25) is 0 Å². The number of aromatic nitrogens is 1. The van der Waals surface area contributed by atoms with Crippen LogP contribution in [0.1, 0.15) is 140 Å². The predicted octanol–water partition coefficient (Wildman–Crippen LogP) is 17.9. The maximum Gasteiger partial charge on any atom is 0.118 e. The van der Waals surface area contributed by atoms with E-state index in [1.165, 1.54) is 32.8 Å². The summed E-state index contributed by atoms with van der Waals surface area (Å²) in [6.45, 7) is 26.3. The first-order valence-electron chi connectivity index (χ1n) is 21.7. The van der Waals surface area contributed by atoms with Crippen LogP contribution >= 0.6 is 11.3 Å². The fourth-order valence-electron chi connectivity index (χ4n) is 5.03. The van der Waals surface area contributed by atoms with E-state index >= 15 is 0 Å². The van der Waals surface area contributed by atoms with E-state index in [4.69, 9.17) is 4.74 Å². The molecule has 60 heavy (non-hydrogen) atoms. The van der Waals surface area contributed by atoms with Crippen LogP contribution in [0.2, 0.25) is 0 Å². The summed E-state index contributed by atoms with van der Waals surface area (Å²) in [7, 11) is 1.68. The second kappa shape index (κ2) is 32.7. The standard InChI is InChI=1S/C13H16.C11H14.C10H14O.C9H12.C7H11N.C7H10S/c1-12(2)8-6-7-11-13-9-4-3-5-10-13;1-10(2)8-9-11-6-4-3-5-7-11;1-8(2)9-4-6-10(11-3)7-5-9;1-8(2)9-6-4-3-5-7-9;2*1-6(2)7-4-3-5-8-7/h3-12H,1-2H3;3-10H,1-2H3;4-8H,1-3H3;3-8H,1-2H3;3-6,8H,1-2H3;3-6H,1-2H3/b8-6+,11-7+;9-8+;;;;. The Morgan fingerprint density at radius 2 is 0.950 bits per heavy atom. The maximum absolute atomic E-state index is 5.05. The number of H-pyrrole nitrogens is 1. The smallest absolute Gasteiger partial charge is 0.118 e. The van der Waals surface area contributed by atoms with E-state index in [1.54, 1.807) is 7.11 Å². The fraction of sp³-hybridized carbons (Fsp3) is 0.333. The van der Waals surface area contributed by atoms with E-state index in [9.17, 15) is 0 Å². The van der Waals surface area contributed by atoms with E-state index in [0.29, 0.717) is 35.5 Å². The van der Waals surface area contributed by atoms with Gasteiger partial charge in [0.25, 0.3) is 0 Å². The summed E-state index contributed by atoms with van der Waals surface area (Å²) in [5.74, 6) is 4.78. The fourth-order valence-corrected chi connectivity index (χ4v) is 5.78. The first-order valence-corrected chi connectivity index (χ1v) is 22.6. The van der Waals surface area contributed by atoms with Gasteiger partial charge in [-0.2, -0.15) is 0 Å². The topological polar surface area (TPSA) is 25.0 Å². The summed E-state index contributed by atoms with van der Waals surface area (Å²) in [4.78, 5) is 4.61. The molecule has 0 atom stereocenters. The molecule has 2 aromatic heterocycles. The highest BCUT2D eigenvalue weighted by Gasteiger charge is 1.98. The highest BCUT2D eigenvalue weighted by atomic mass is 32.1. The highest BCUT2D eigenvalue weighted by Crippen LogP contribution is 2.19. The first-order chi connectivity index (χ1) is 28.7. The average Bonchev–Trinajstić information content (AvgIpc) is 4.01. The Morgan fingerprint density at radius 3 is 1.30 bits per heavy atom. The third kappa shape index (κ3) is 26.8. The second-order valence-electron chi connectivity index (χ2n) is 16.4. The van der Waals surface area contributed by atoms with Crippen LogP contribution in [0.15, 0.2) is 175 Å². The van der Waals surface area contributed by atoms with Gasteiger partial charge in [-0.25, -0.2) is 0 Å². The van der Waals surface area contributed by atoms with Crippen LogP contribution < -0.4 is 4.74 Å². The number of benzene rings is 4. The quantitative estimate of drug-likeness (QED) is 0.137. The Labute approximate surface area is 371 Å². The summed E-state index contributed by atoms with van der Waals surface area (Å²) in [5.41, 5.74) is 6.60. The number of ether oxygens (including phenoxy) is 1. The molecular weight excluding hydrogens is 747 g/mol. The van der Waals surface area contributed by atoms with Gasteiger partial charge in [0.05, 0.1) is 7.11 Å². The number of methoxy groups -OCH3 is 1. The van der Waals surface area contributed by atoms with Gasteiger partial charge in [-0.1, -0.05) is 229 Å². The highest BCUT2D eigenvalue weighted by molar-refractivity contribution is 7.10. The van der Waals surface area contributed by atoms with Gasteiger partial charge in [-0.05, 0) is 93.5 Å². The molecule has 322 valence electrons. The third-order valence-corrected chi connectivity index (χ3v) is 9.95. The lowest BCUT2D eigenvalue weighted by Gasteiger charge is -2.05. The molecule has 0 aliphatic heterocycles. The van der Waals surface area contributed by atoms with Crippen molar-refractivity contribution in [3.05, 3.63) is 208 Å². The molecule has 0 amide bonds. The molecule has 0 aliphatic carbocycles. The largest absolute Gasteiger partial charge is 0.497 e. The summed E-state index contributed by atoms with van der Waals surface area (Å²) in [5, 5.41) is 2.12. The number of hydrogen-bond donors (Lipinski definition) is 1. The second-order valence-corrected chi connectivity index (χ2v) is 17.3. The average molecular weight is 824 g/mol. The first kappa shape index (κ1) is 52.9. The molecule has 4 aromatic carbocycles. The molecule has 6 aromatic rings. The zero-order chi connectivity index (χ0) is 44.5. The van der Waals surface area contributed by atoms with E-state index in [1.807, 2.05) is 66.1 Å². The molecule has 0 unspecified atom stereocenters. The zero-order valence-electron chi connectivity index (χ0n) is 39.2. The molecule has 0 saturated heterocycles. The molecule has 0 spiro atoms. The lowest BCUT2D eigenvalue weighted by atomic mass is 10.0. The van der Waals surface area contributed by atoms with Crippen molar-refractivity contribution in [3.63, 3.8) is 0 Å². The Hall–Kier alpha value is -5.12. The third-order valence-electron chi connectivity index (χ3n) is 8.77. The predicted molar refractivity (Wildman–Crippen MR) is 271 cm³/mol. The summed E-state index contributed by atoms with van der Waals surface area (Å²) in [6.07, 6.45) is 14.8. The van der Waals surface area contributed by atoms with Crippen molar-refractivity contribution in [1.29, 1.82) is 0 Å². The van der Waals surface area contributed by atoms with Crippen LogP contribution in [0.4, 0.5) is 0 Å². The number of hydrogen-bond acceptors (Lipinski definition) is 2.